The Morgan fingerprint density at radius 1 is 0.907 bits per heavy atom. The summed E-state index contributed by atoms with van der Waals surface area (Å²) in [6.45, 7) is 2.87. The second kappa shape index (κ2) is 12.1. The van der Waals surface area contributed by atoms with E-state index in [0.717, 1.165) is 31.6 Å². The minimum atomic E-state index is -3.74. The van der Waals surface area contributed by atoms with Crippen molar-refractivity contribution < 1.29 is 27.8 Å². The van der Waals surface area contributed by atoms with Crippen LogP contribution in [0.15, 0.2) is 91.1 Å². The monoisotopic (exact) mass is 585 g/mol. The number of carbonyl (C=O) groups is 2. The van der Waals surface area contributed by atoms with Crippen molar-refractivity contribution in [1.29, 1.82) is 0 Å². The van der Waals surface area contributed by atoms with Crippen molar-refractivity contribution in [3.8, 4) is 11.5 Å². The third-order valence-corrected chi connectivity index (χ3v) is 7.23. The number of para-hydroxylation sites is 1. The van der Waals surface area contributed by atoms with Gasteiger partial charge in [-0.2, -0.15) is 0 Å². The fourth-order valence-electron chi connectivity index (χ4n) is 5.16. The van der Waals surface area contributed by atoms with E-state index in [1.54, 1.807) is 42.6 Å². The largest absolute Gasteiger partial charge is 0.586 e. The number of nitrogens with zero attached hydrogens (tertiary/aromatic N) is 2. The Morgan fingerprint density at radius 3 is 2.56 bits per heavy atom. The molecule has 1 unspecified atom stereocenters. The van der Waals surface area contributed by atoms with Crippen molar-refractivity contribution in [2.75, 3.05) is 23.7 Å². The number of aromatic nitrogens is 1. The summed E-state index contributed by atoms with van der Waals surface area (Å²) in [5, 5.41) is 9.05. The summed E-state index contributed by atoms with van der Waals surface area (Å²) in [6, 6.07) is 24.8. The Kier molecular flexibility index (Phi) is 7.89. The van der Waals surface area contributed by atoms with Gasteiger partial charge in [0.2, 0.25) is 0 Å². The van der Waals surface area contributed by atoms with Crippen molar-refractivity contribution in [1.82, 2.24) is 15.2 Å². The van der Waals surface area contributed by atoms with Crippen LogP contribution in [0.5, 0.6) is 11.5 Å². The Labute approximate surface area is 246 Å². The predicted molar refractivity (Wildman–Crippen MR) is 156 cm³/mol. The number of amides is 2. The zero-order chi connectivity index (χ0) is 29.8. The zero-order valence-corrected chi connectivity index (χ0v) is 23.1. The summed E-state index contributed by atoms with van der Waals surface area (Å²) in [7, 11) is 0. The molecule has 4 aromatic rings. The van der Waals surface area contributed by atoms with Crippen molar-refractivity contribution in [3.05, 3.63) is 114 Å². The number of ether oxygens (including phenoxy) is 2. The fraction of sp³-hybridized carbons (Fsp3) is 0.219. The molecule has 1 atom stereocenters. The molecule has 11 heteroatoms. The average Bonchev–Trinajstić information content (AvgIpc) is 3.57. The van der Waals surface area contributed by atoms with Crippen LogP contribution >= 0.6 is 0 Å². The third-order valence-electron chi connectivity index (χ3n) is 7.23. The van der Waals surface area contributed by atoms with Crippen LogP contribution in [-0.4, -0.2) is 47.1 Å². The predicted octanol–water partition coefficient (Wildman–Crippen LogP) is 5.27. The lowest BCUT2D eigenvalue weighted by molar-refractivity contribution is -0.286. The molecule has 1 saturated heterocycles. The lowest BCUT2D eigenvalue weighted by atomic mass is 10.1. The molecule has 3 heterocycles. The standard InChI is InChI=1S/C32H29F2N5O4/c33-32(34)42-28-11-10-23(17-29(28)43-32)37-30(40)25-8-4-5-9-26(25)36-18-22-12-14-35-27(16-22)31(41)38-24-13-15-39(20-24)19-21-6-2-1-3-7-21/h1-12,14,16-17,24,36H,13,15,18-20H2,(H,37,40)(H,38,41). The molecular formula is C32H29F2N5O4. The van der Waals surface area contributed by atoms with Gasteiger partial charge in [-0.1, -0.05) is 42.5 Å². The lowest BCUT2D eigenvalue weighted by Crippen LogP contribution is -2.37. The first-order valence-corrected chi connectivity index (χ1v) is 13.9. The molecule has 0 radical (unpaired) electrons. The first-order chi connectivity index (χ1) is 20.8. The summed E-state index contributed by atoms with van der Waals surface area (Å²) >= 11 is 0. The number of halogens is 2. The molecule has 220 valence electrons. The van der Waals surface area contributed by atoms with Crippen LogP contribution in [0.3, 0.4) is 0 Å². The molecule has 0 spiro atoms. The van der Waals surface area contributed by atoms with Gasteiger partial charge in [0.25, 0.3) is 11.8 Å². The highest BCUT2D eigenvalue weighted by Gasteiger charge is 2.43. The van der Waals surface area contributed by atoms with E-state index in [2.05, 4.69) is 47.4 Å². The number of likely N-dealkylation sites (tertiary alicyclic amines) is 1. The number of hydrogen-bond acceptors (Lipinski definition) is 7. The van der Waals surface area contributed by atoms with E-state index in [-0.39, 0.29) is 29.1 Å². The number of hydrogen-bond donors (Lipinski definition) is 3. The number of fused-ring (bicyclic) bond motifs is 1. The number of benzene rings is 3. The molecule has 0 saturated carbocycles. The van der Waals surface area contributed by atoms with E-state index in [1.165, 1.54) is 23.8 Å². The lowest BCUT2D eigenvalue weighted by Gasteiger charge is -2.17. The third kappa shape index (κ3) is 6.90. The van der Waals surface area contributed by atoms with E-state index in [9.17, 15) is 18.4 Å². The molecule has 2 amide bonds. The molecule has 2 aliphatic heterocycles. The van der Waals surface area contributed by atoms with Gasteiger partial charge in [-0.05, 0) is 53.9 Å². The van der Waals surface area contributed by atoms with Crippen LogP contribution in [0, 0.1) is 0 Å². The van der Waals surface area contributed by atoms with Crippen LogP contribution in [0.4, 0.5) is 20.2 Å². The maximum atomic E-state index is 13.3. The van der Waals surface area contributed by atoms with E-state index >= 15 is 0 Å². The van der Waals surface area contributed by atoms with Crippen LogP contribution < -0.4 is 25.4 Å². The van der Waals surface area contributed by atoms with Gasteiger partial charge in [-0.3, -0.25) is 19.5 Å². The van der Waals surface area contributed by atoms with Gasteiger partial charge in [0, 0.05) is 55.9 Å². The maximum absolute atomic E-state index is 13.3. The Hall–Kier alpha value is -5.03. The van der Waals surface area contributed by atoms with E-state index in [1.807, 2.05) is 18.2 Å². The average molecular weight is 586 g/mol. The van der Waals surface area contributed by atoms with Gasteiger partial charge in [-0.15, -0.1) is 8.78 Å². The molecule has 1 aromatic heterocycles. The zero-order valence-electron chi connectivity index (χ0n) is 23.1. The summed E-state index contributed by atoms with van der Waals surface area (Å²) in [5.41, 5.74) is 3.55. The number of nitrogens with one attached hydrogen (secondary N) is 3. The van der Waals surface area contributed by atoms with Crippen molar-refractivity contribution in [2.45, 2.75) is 31.8 Å². The second-order valence-electron chi connectivity index (χ2n) is 10.4. The topological polar surface area (TPSA) is 105 Å². The minimum Gasteiger partial charge on any atom is -0.395 e. The summed E-state index contributed by atoms with van der Waals surface area (Å²) in [4.78, 5) is 32.7. The summed E-state index contributed by atoms with van der Waals surface area (Å²) in [5.74, 6) is -0.941. The van der Waals surface area contributed by atoms with Gasteiger partial charge >= 0.3 is 6.29 Å². The number of anilines is 2. The van der Waals surface area contributed by atoms with Gasteiger partial charge < -0.3 is 25.4 Å². The van der Waals surface area contributed by atoms with Gasteiger partial charge in [0.05, 0.1) is 5.56 Å². The highest BCUT2D eigenvalue weighted by atomic mass is 19.3. The van der Waals surface area contributed by atoms with Crippen LogP contribution in [0.25, 0.3) is 0 Å². The molecule has 9 nitrogen and oxygen atoms in total. The first kappa shape index (κ1) is 28.1. The number of rotatable bonds is 9. The second-order valence-corrected chi connectivity index (χ2v) is 10.4. The SMILES string of the molecule is O=C(NC1CCN(Cc2ccccc2)C1)c1cc(CNc2ccccc2C(=O)Nc2ccc3c(c2)OC(F)(F)O3)ccn1. The Bertz CT molecular complexity index is 1640. The fourth-order valence-corrected chi connectivity index (χ4v) is 5.16. The van der Waals surface area contributed by atoms with E-state index < -0.39 is 12.2 Å². The molecule has 1 fully saturated rings. The molecule has 3 N–H and O–H groups in total. The quantitative estimate of drug-likeness (QED) is 0.246. The van der Waals surface area contributed by atoms with Crippen LogP contribution in [0.2, 0.25) is 0 Å². The normalized spacial score (nSPS) is 16.9. The molecule has 0 bridgehead atoms. The first-order valence-electron chi connectivity index (χ1n) is 13.9. The van der Waals surface area contributed by atoms with Gasteiger partial charge in [0.1, 0.15) is 5.69 Å². The number of alkyl halides is 2. The number of pyridine rings is 1. The maximum Gasteiger partial charge on any atom is 0.586 e. The Morgan fingerprint density at radius 2 is 1.70 bits per heavy atom. The van der Waals surface area contributed by atoms with E-state index in [0.29, 0.717) is 23.5 Å². The molecule has 3 aromatic carbocycles. The molecule has 6 rings (SSSR count). The summed E-state index contributed by atoms with van der Waals surface area (Å²) < 4.78 is 35.6. The molecule has 43 heavy (non-hydrogen) atoms. The van der Waals surface area contributed by atoms with Crippen molar-refractivity contribution in [3.63, 3.8) is 0 Å². The molecule has 2 aliphatic rings. The van der Waals surface area contributed by atoms with Gasteiger partial charge in [-0.25, -0.2) is 0 Å². The number of carbonyl (C=O) groups excluding carboxylic acids is 2. The van der Waals surface area contributed by atoms with E-state index in [4.69, 9.17) is 0 Å². The summed E-state index contributed by atoms with van der Waals surface area (Å²) in [6.07, 6.45) is -1.28. The van der Waals surface area contributed by atoms with Crippen LogP contribution in [-0.2, 0) is 13.1 Å². The minimum absolute atomic E-state index is 0.0476. The van der Waals surface area contributed by atoms with Crippen molar-refractivity contribution in [2.24, 2.45) is 0 Å². The smallest absolute Gasteiger partial charge is 0.395 e. The molecule has 0 aliphatic carbocycles. The Balaban J connectivity index is 1.05. The molecular weight excluding hydrogens is 556 g/mol. The highest BCUT2D eigenvalue weighted by molar-refractivity contribution is 6.08. The van der Waals surface area contributed by atoms with Gasteiger partial charge in [0.15, 0.2) is 11.5 Å². The van der Waals surface area contributed by atoms with Crippen molar-refractivity contribution >= 4 is 23.2 Å². The highest BCUT2D eigenvalue weighted by Crippen LogP contribution is 2.42. The van der Waals surface area contributed by atoms with Crippen LogP contribution in [0.1, 0.15) is 38.4 Å².